The van der Waals surface area contributed by atoms with Gasteiger partial charge in [-0.05, 0) is 6.42 Å². The molecule has 1 amide bonds. The molecule has 8 N–H and O–H groups in total. The Morgan fingerprint density at radius 1 is 0.633 bits per heavy atom. The van der Waals surface area contributed by atoms with E-state index < -0.39 is 29.8 Å². The maximum absolute atomic E-state index is 11.2. The van der Waals surface area contributed by atoms with Gasteiger partial charge in [-0.15, -0.1) is 12.3 Å². The molecule has 22 heteroatoms. The Balaban J connectivity index is -0.0000000649. The lowest BCUT2D eigenvalue weighted by molar-refractivity contribution is -0.152. The van der Waals surface area contributed by atoms with Gasteiger partial charge in [0.2, 0.25) is 10.2 Å². The first kappa shape index (κ1) is 61.2. The van der Waals surface area contributed by atoms with Gasteiger partial charge in [0.25, 0.3) is 0 Å². The summed E-state index contributed by atoms with van der Waals surface area (Å²) in [6.45, 7) is 9.87. The lowest BCUT2D eigenvalue weighted by Gasteiger charge is -2.05. The summed E-state index contributed by atoms with van der Waals surface area (Å²) in [5, 5.41) is 47.2. The average Bonchev–Trinajstić information content (AvgIpc) is 3.76. The summed E-state index contributed by atoms with van der Waals surface area (Å²) in [6, 6.07) is 0. The zero-order valence-electron chi connectivity index (χ0n) is 44.2. The van der Waals surface area contributed by atoms with E-state index in [9.17, 15) is 28.8 Å². The molecule has 0 unspecified atom stereocenters. The molecule has 0 aromatic rings. The summed E-state index contributed by atoms with van der Waals surface area (Å²) in [4.78, 5) is 63.3. The van der Waals surface area contributed by atoms with E-state index in [1.54, 1.807) is 0 Å². The number of esters is 4. The number of carbonyl (C=O) groups is 6. The van der Waals surface area contributed by atoms with Crippen molar-refractivity contribution in [2.75, 3.05) is 112 Å². The second-order valence-corrected chi connectivity index (χ2v) is 9.26. The minimum Gasteiger partial charge on any atom is -0.481 e. The number of ether oxygens (including phenoxy) is 7. The molecular weight excluding hydrogens is 826 g/mol. The number of aliphatic carboxylic acids is 1. The van der Waals surface area contributed by atoms with Crippen molar-refractivity contribution in [2.24, 2.45) is 0 Å². The summed E-state index contributed by atoms with van der Waals surface area (Å²) in [5.41, 5.74) is 0. The molecule has 1 aliphatic heterocycles. The summed E-state index contributed by atoms with van der Waals surface area (Å²) in [6.07, 6.45) is 1.25. The maximum Gasteiger partial charge on any atom is 0.314 e. The molecule has 21 nitrogen and oxygen atoms in total. The number of nitrogens with one attached hydrogen (secondary N) is 1. The van der Waals surface area contributed by atoms with E-state index in [2.05, 4.69) is 47.2 Å². The fourth-order valence-electron chi connectivity index (χ4n) is 2.56. The van der Waals surface area contributed by atoms with Crippen LogP contribution >= 0.6 is 12.3 Å². The van der Waals surface area contributed by atoms with Crippen LogP contribution in [0.15, 0.2) is 0 Å². The molecule has 0 bridgehead atoms. The van der Waals surface area contributed by atoms with Crippen LogP contribution in [0, 0.1) is 0 Å². The van der Waals surface area contributed by atoms with Crippen LogP contribution < -0.4 is 5.32 Å². The third-order valence-corrected chi connectivity index (χ3v) is 4.80. The fraction of sp³-hybridized carbons (Fsp3) is 0.842. The Labute approximate surface area is 377 Å². The number of cyclic esters (lactones) is 2. The molecule has 0 aliphatic carbocycles. The predicted molar refractivity (Wildman–Crippen MR) is 230 cm³/mol. The van der Waals surface area contributed by atoms with Gasteiger partial charge in [-0.1, -0.05) is 57.8 Å². The topological polar surface area (TPSA) is 321 Å². The molecule has 0 saturated carbocycles. The molecule has 0 spiro atoms. The van der Waals surface area contributed by atoms with Gasteiger partial charge in [0.15, 0.2) is 0 Å². The van der Waals surface area contributed by atoms with Gasteiger partial charge >= 0.3 is 29.8 Å². The zero-order chi connectivity index (χ0) is 54.2. The molecule has 1 rings (SSSR count). The van der Waals surface area contributed by atoms with Crippen molar-refractivity contribution in [3.63, 3.8) is 0 Å². The van der Waals surface area contributed by atoms with Crippen LogP contribution in [0.5, 0.6) is 0 Å². The Bertz CT molecular complexity index is 929. The molecule has 1 fully saturated rings. The fourth-order valence-corrected chi connectivity index (χ4v) is 2.56. The minimum absolute atomic E-state index is 0. The summed E-state index contributed by atoms with van der Waals surface area (Å²) in [5.74, 6) is -2.94. The van der Waals surface area contributed by atoms with E-state index in [0.29, 0.717) is 39.6 Å². The van der Waals surface area contributed by atoms with Gasteiger partial charge in [0.05, 0.1) is 125 Å². The van der Waals surface area contributed by atoms with Crippen LogP contribution in [0.2, 0.25) is 0 Å². The number of aliphatic hydroxyl groups is 6. The normalized spacial score (nSPS) is 11.0. The van der Waals surface area contributed by atoms with Crippen molar-refractivity contribution in [2.45, 2.75) is 103 Å². The third-order valence-electron chi connectivity index (χ3n) is 4.80. The van der Waals surface area contributed by atoms with E-state index in [1.165, 1.54) is 29.6 Å². The van der Waals surface area contributed by atoms with Gasteiger partial charge in [0.1, 0.15) is 14.4 Å². The number of hydrogen-bond acceptors (Lipinski definition) is 19. The number of carboxylic acid groups (broad SMARTS) is 1. The van der Waals surface area contributed by atoms with Crippen molar-refractivity contribution in [1.29, 1.82) is 5.47 Å². The number of carbonyl (C=O) groups excluding carboxylic acids is 5. The Morgan fingerprint density at radius 3 is 1.25 bits per heavy atom. The van der Waals surface area contributed by atoms with Gasteiger partial charge in [-0.3, -0.25) is 28.8 Å². The van der Waals surface area contributed by atoms with Crippen molar-refractivity contribution in [3.05, 3.63) is 0 Å². The third kappa shape index (κ3) is 90.9. The number of amides is 1. The second-order valence-electron chi connectivity index (χ2n) is 9.26. The van der Waals surface area contributed by atoms with Crippen molar-refractivity contribution < 1.29 is 103 Å². The van der Waals surface area contributed by atoms with Crippen molar-refractivity contribution in [1.82, 2.24) is 5.32 Å². The number of halogens is 1. The highest BCUT2D eigenvalue weighted by atomic mass is 35.5. The summed E-state index contributed by atoms with van der Waals surface area (Å²) < 4.78 is 80.0. The SMILES string of the molecule is C.CC.O=C1CCC(=O)O1.OCCOCCO.[2H]C.[2H]C.[2H]C.[2H]C.[3H]Cl.[3H]OCCOCCO.[3H]OCCOCCOC(=O)CCC(=O)NCCC.[3H]OCCOCCOC(=O)CCC(=O)O. The smallest absolute Gasteiger partial charge is 0.314 e. The highest BCUT2D eigenvalue weighted by Gasteiger charge is 2.19. The number of carboxylic acids is 1. The molecule has 60 heavy (non-hydrogen) atoms. The lowest BCUT2D eigenvalue weighted by atomic mass is 10.3. The van der Waals surface area contributed by atoms with E-state index in [0.717, 1.165) is 6.42 Å². The molecule has 1 heterocycles. The Kier molecular flexibility index (Phi) is 78.2. The lowest BCUT2D eigenvalue weighted by Crippen LogP contribution is -2.24. The average molecular weight is 925 g/mol. The van der Waals surface area contributed by atoms with E-state index >= 15 is 0 Å². The minimum atomic E-state index is -1.03. The van der Waals surface area contributed by atoms with E-state index in [1.807, 2.05) is 20.8 Å². The van der Waals surface area contributed by atoms with Crippen molar-refractivity contribution in [3.8, 4) is 0 Å². The first-order chi connectivity index (χ1) is 32.5. The monoisotopic (exact) mass is 924 g/mol. The molecule has 0 atom stereocenters. The van der Waals surface area contributed by atoms with Gasteiger partial charge in [0, 0.05) is 18.4 Å². The first-order valence-corrected chi connectivity index (χ1v) is 17.4. The van der Waals surface area contributed by atoms with Crippen LogP contribution in [0.25, 0.3) is 0 Å². The molecule has 0 aromatic carbocycles. The molecule has 1 aliphatic rings. The van der Waals surface area contributed by atoms with Crippen LogP contribution in [-0.4, -0.2) is 189 Å². The van der Waals surface area contributed by atoms with Gasteiger partial charge in [-0.2, -0.15) is 0 Å². The molecule has 370 valence electrons. The zero-order valence-corrected chi connectivity index (χ0v) is 36.9. The summed E-state index contributed by atoms with van der Waals surface area (Å²) >= 11 is 3.89. The van der Waals surface area contributed by atoms with Crippen LogP contribution in [0.4, 0.5) is 0 Å². The highest BCUT2D eigenvalue weighted by Crippen LogP contribution is 2.04. The van der Waals surface area contributed by atoms with E-state index in [-0.39, 0.29) is 125 Å². The van der Waals surface area contributed by atoms with Gasteiger partial charge in [-0.25, -0.2) is 0 Å². The molecule has 0 aromatic heterocycles. The van der Waals surface area contributed by atoms with E-state index in [4.69, 9.17) is 50.3 Å². The maximum atomic E-state index is 11.2. The number of hydrogen-bond donors (Lipinski definition) is 8. The molecular formula is C38H86ClNO20. The molecule has 1 saturated heterocycles. The Hall–Kier alpha value is -3.09. The standard InChI is InChI=1S/C11H21NO5.C8H14O6.C4H4O3.2C4H10O3.C2H6.5CH4.ClH/c1-2-5-12-10(14)3-4-11(15)17-9-8-16-7-6-13;9-3-4-13-5-6-14-8(12)2-1-7(10)11;5-3-1-2-4(6)7-3;2*5-1-3-7-4-2-6;1-2;;;;;;/h13H,2-9H2,1H3,(H,12,14);9H,1-6H2,(H,10,11);1-2H2;2*5-6H,1-4H2;1-2H3;5*1H4;1H/i13T;9T;;5T;;;4*1D;;/hT. The number of rotatable bonds is 29. The van der Waals surface area contributed by atoms with Crippen LogP contribution in [-0.2, 0) is 61.9 Å². The highest BCUT2D eigenvalue weighted by molar-refractivity contribution is 5.92. The number of aliphatic hydroxyl groups excluding tert-OH is 6. The second kappa shape index (κ2) is 76.6. The first-order valence-electron chi connectivity index (χ1n) is 23.0. The largest absolute Gasteiger partial charge is 0.481 e. The molecule has 0 radical (unpaired) electrons. The summed E-state index contributed by atoms with van der Waals surface area (Å²) in [7, 11) is 5.00. The van der Waals surface area contributed by atoms with Gasteiger partial charge < -0.3 is 74.2 Å². The van der Waals surface area contributed by atoms with Crippen LogP contribution in [0.3, 0.4) is 0 Å². The predicted octanol–water partition coefficient (Wildman–Crippen LogP) is 1.70. The Morgan fingerprint density at radius 2 is 0.967 bits per heavy atom. The van der Waals surface area contributed by atoms with Crippen LogP contribution in [0.1, 0.15) is 108 Å². The van der Waals surface area contributed by atoms with Crippen molar-refractivity contribution >= 4 is 48.1 Å². The quantitative estimate of drug-likeness (QED) is 0.0229.